The minimum absolute atomic E-state index is 0.316. The van der Waals surface area contributed by atoms with Crippen molar-refractivity contribution in [2.24, 2.45) is 5.90 Å². The fraction of sp³-hybridized carbons (Fsp3) is 0.636. The van der Waals surface area contributed by atoms with E-state index in [-0.39, 0.29) is 5.97 Å². The van der Waals surface area contributed by atoms with Gasteiger partial charge in [-0.3, -0.25) is 4.79 Å². The average molecular weight is 215 g/mol. The van der Waals surface area contributed by atoms with Crippen molar-refractivity contribution in [3.63, 3.8) is 0 Å². The van der Waals surface area contributed by atoms with Gasteiger partial charge < -0.3 is 9.63 Å². The number of hydrogen-bond donors (Lipinski definition) is 1. The summed E-state index contributed by atoms with van der Waals surface area (Å²) < 4.78 is 0. The minimum Gasteiger partial charge on any atom is -0.373 e. The molecule has 2 N–H and O–H groups in total. The molecular weight excluding hydrogens is 194 g/mol. The second kappa shape index (κ2) is 15.3. The van der Waals surface area contributed by atoms with Crippen LogP contribution in [0.25, 0.3) is 0 Å². The fourth-order valence-corrected chi connectivity index (χ4v) is 0.764. The standard InChI is InChI=1S/C6H13NO2.C5H8O/c1-2-3-4-5-6(8)9-7;1-2-3-4-5-6/h2-5,7H2,1H3;2,5H,1,3-4H2. The number of allylic oxidation sites excluding steroid dienone is 1. The van der Waals surface area contributed by atoms with Gasteiger partial charge in [0.25, 0.3) is 0 Å². The van der Waals surface area contributed by atoms with Crippen LogP contribution < -0.4 is 5.90 Å². The number of carbonyl (C=O) groups is 2. The van der Waals surface area contributed by atoms with E-state index in [4.69, 9.17) is 0 Å². The molecule has 0 aliphatic heterocycles. The zero-order valence-corrected chi connectivity index (χ0v) is 9.41. The molecule has 0 heterocycles. The van der Waals surface area contributed by atoms with E-state index >= 15 is 0 Å². The van der Waals surface area contributed by atoms with E-state index in [1.54, 1.807) is 6.08 Å². The van der Waals surface area contributed by atoms with Gasteiger partial charge in [0.2, 0.25) is 0 Å². The van der Waals surface area contributed by atoms with E-state index in [1.165, 1.54) is 0 Å². The molecule has 0 aromatic rings. The summed E-state index contributed by atoms with van der Waals surface area (Å²) in [6, 6.07) is 0. The minimum atomic E-state index is -0.316. The molecule has 4 nitrogen and oxygen atoms in total. The molecule has 15 heavy (non-hydrogen) atoms. The molecule has 0 bridgehead atoms. The Labute approximate surface area is 91.4 Å². The third-order valence-corrected chi connectivity index (χ3v) is 1.60. The second-order valence-corrected chi connectivity index (χ2v) is 2.98. The summed E-state index contributed by atoms with van der Waals surface area (Å²) in [4.78, 5) is 23.8. The van der Waals surface area contributed by atoms with Crippen LogP contribution in [0.15, 0.2) is 12.7 Å². The third-order valence-electron chi connectivity index (χ3n) is 1.60. The average Bonchev–Trinajstić information content (AvgIpc) is 2.27. The number of nitrogens with two attached hydrogens (primary N) is 1. The van der Waals surface area contributed by atoms with Crippen LogP contribution in [-0.4, -0.2) is 12.3 Å². The Morgan fingerprint density at radius 3 is 2.40 bits per heavy atom. The zero-order valence-electron chi connectivity index (χ0n) is 9.41. The van der Waals surface area contributed by atoms with Gasteiger partial charge >= 0.3 is 5.97 Å². The van der Waals surface area contributed by atoms with Crippen LogP contribution in [0.5, 0.6) is 0 Å². The van der Waals surface area contributed by atoms with Gasteiger partial charge in [0.1, 0.15) is 6.29 Å². The third kappa shape index (κ3) is 19.3. The molecular formula is C11H21NO3. The van der Waals surface area contributed by atoms with Crippen LogP contribution in [0, 0.1) is 0 Å². The normalized spacial score (nSPS) is 8.40. The molecule has 0 fully saturated rings. The summed E-state index contributed by atoms with van der Waals surface area (Å²) in [5.41, 5.74) is 0. The summed E-state index contributed by atoms with van der Waals surface area (Å²) >= 11 is 0. The zero-order chi connectivity index (χ0) is 11.9. The number of unbranched alkanes of at least 4 members (excludes halogenated alkanes) is 3. The van der Waals surface area contributed by atoms with E-state index in [1.807, 2.05) is 0 Å². The van der Waals surface area contributed by atoms with Gasteiger partial charge in [0, 0.05) is 12.8 Å². The van der Waals surface area contributed by atoms with Crippen LogP contribution in [0.2, 0.25) is 0 Å². The van der Waals surface area contributed by atoms with Gasteiger partial charge in [-0.15, -0.1) is 6.58 Å². The first kappa shape index (κ1) is 16.3. The largest absolute Gasteiger partial charge is 0.373 e. The molecule has 4 heteroatoms. The quantitative estimate of drug-likeness (QED) is 0.306. The first-order valence-electron chi connectivity index (χ1n) is 5.17. The Balaban J connectivity index is 0. The Morgan fingerprint density at radius 2 is 2.07 bits per heavy atom. The Kier molecular flexibility index (Phi) is 16.6. The van der Waals surface area contributed by atoms with Crippen molar-refractivity contribution in [3.05, 3.63) is 12.7 Å². The lowest BCUT2D eigenvalue weighted by Crippen LogP contribution is -2.08. The van der Waals surface area contributed by atoms with Crippen molar-refractivity contribution in [1.82, 2.24) is 0 Å². The van der Waals surface area contributed by atoms with Crippen molar-refractivity contribution < 1.29 is 14.4 Å². The van der Waals surface area contributed by atoms with E-state index in [0.717, 1.165) is 32.0 Å². The Hall–Kier alpha value is -1.16. The molecule has 0 rings (SSSR count). The van der Waals surface area contributed by atoms with Crippen molar-refractivity contribution in [3.8, 4) is 0 Å². The predicted octanol–water partition coefficient (Wildman–Crippen LogP) is 2.14. The first-order valence-corrected chi connectivity index (χ1v) is 5.17. The van der Waals surface area contributed by atoms with Crippen LogP contribution in [0.1, 0.15) is 45.4 Å². The van der Waals surface area contributed by atoms with Crippen LogP contribution in [0.3, 0.4) is 0 Å². The topological polar surface area (TPSA) is 69.4 Å². The van der Waals surface area contributed by atoms with Gasteiger partial charge in [0.15, 0.2) is 0 Å². The Bertz CT molecular complexity index is 161. The van der Waals surface area contributed by atoms with E-state index < -0.39 is 0 Å². The molecule has 0 atom stereocenters. The SMILES string of the molecule is C=CCCC=O.CCCCCC(=O)ON. The lowest BCUT2D eigenvalue weighted by atomic mass is 10.2. The van der Waals surface area contributed by atoms with Gasteiger partial charge in [-0.05, 0) is 12.8 Å². The van der Waals surface area contributed by atoms with Crippen molar-refractivity contribution in [2.45, 2.75) is 45.4 Å². The molecule has 88 valence electrons. The number of rotatable bonds is 7. The maximum atomic E-state index is 10.3. The molecule has 0 aliphatic rings. The maximum Gasteiger partial charge on any atom is 0.324 e. The summed E-state index contributed by atoms with van der Waals surface area (Å²) in [5.74, 6) is 4.29. The second-order valence-electron chi connectivity index (χ2n) is 2.98. The molecule has 0 amide bonds. The predicted molar refractivity (Wildman–Crippen MR) is 59.9 cm³/mol. The van der Waals surface area contributed by atoms with Crippen molar-refractivity contribution in [1.29, 1.82) is 0 Å². The molecule has 0 aliphatic carbocycles. The lowest BCUT2D eigenvalue weighted by molar-refractivity contribution is -0.144. The van der Waals surface area contributed by atoms with Gasteiger partial charge in [-0.1, -0.05) is 25.8 Å². The molecule has 0 aromatic carbocycles. The van der Waals surface area contributed by atoms with Crippen molar-refractivity contribution in [2.75, 3.05) is 0 Å². The molecule has 0 saturated carbocycles. The van der Waals surface area contributed by atoms with Gasteiger partial charge in [-0.25, -0.2) is 0 Å². The highest BCUT2D eigenvalue weighted by atomic mass is 16.7. The fourth-order valence-electron chi connectivity index (χ4n) is 0.764. The molecule has 0 aromatic heterocycles. The van der Waals surface area contributed by atoms with Gasteiger partial charge in [-0.2, -0.15) is 5.90 Å². The van der Waals surface area contributed by atoms with Crippen LogP contribution in [-0.2, 0) is 14.4 Å². The van der Waals surface area contributed by atoms with Gasteiger partial charge in [0.05, 0.1) is 0 Å². The van der Waals surface area contributed by atoms with Crippen molar-refractivity contribution >= 4 is 12.3 Å². The summed E-state index contributed by atoms with van der Waals surface area (Å²) in [6.07, 6.45) is 7.55. The lowest BCUT2D eigenvalue weighted by Gasteiger charge is -1.94. The Morgan fingerprint density at radius 1 is 1.40 bits per heavy atom. The van der Waals surface area contributed by atoms with E-state index in [0.29, 0.717) is 12.8 Å². The highest BCUT2D eigenvalue weighted by Crippen LogP contribution is 1.98. The summed E-state index contributed by atoms with van der Waals surface area (Å²) in [5, 5.41) is 0. The number of aldehydes is 1. The molecule has 0 spiro atoms. The summed E-state index contributed by atoms with van der Waals surface area (Å²) in [6.45, 7) is 5.52. The van der Waals surface area contributed by atoms with Crippen LogP contribution >= 0.6 is 0 Å². The van der Waals surface area contributed by atoms with E-state index in [2.05, 4.69) is 24.2 Å². The number of hydrogen-bond acceptors (Lipinski definition) is 4. The monoisotopic (exact) mass is 215 g/mol. The highest BCUT2D eigenvalue weighted by Gasteiger charge is 1.97. The molecule has 0 unspecified atom stereocenters. The molecule has 0 saturated heterocycles. The van der Waals surface area contributed by atoms with Crippen LogP contribution in [0.4, 0.5) is 0 Å². The number of carbonyl (C=O) groups excluding carboxylic acids is 2. The first-order chi connectivity index (χ1) is 7.22. The molecule has 0 radical (unpaired) electrons. The highest BCUT2D eigenvalue weighted by molar-refractivity contribution is 5.68. The summed E-state index contributed by atoms with van der Waals surface area (Å²) in [7, 11) is 0. The smallest absolute Gasteiger partial charge is 0.324 e. The van der Waals surface area contributed by atoms with E-state index in [9.17, 15) is 9.59 Å². The maximum absolute atomic E-state index is 10.3.